The van der Waals surface area contributed by atoms with Gasteiger partial charge in [-0.15, -0.1) is 0 Å². The lowest BCUT2D eigenvalue weighted by Gasteiger charge is -2.31. The molecular formula is C14H21FO3S. The first-order chi connectivity index (χ1) is 8.63. The molecule has 0 spiro atoms. The molecule has 0 bridgehead atoms. The maximum atomic E-state index is 12.9. The van der Waals surface area contributed by atoms with E-state index in [1.807, 2.05) is 13.8 Å². The van der Waals surface area contributed by atoms with Gasteiger partial charge in [-0.1, -0.05) is 26.0 Å². The lowest BCUT2D eigenvalue weighted by atomic mass is 9.78. The first-order valence-electron chi connectivity index (χ1n) is 6.25. The van der Waals surface area contributed by atoms with Crippen LogP contribution in [0.15, 0.2) is 24.3 Å². The van der Waals surface area contributed by atoms with E-state index in [-0.39, 0.29) is 11.6 Å². The number of rotatable bonds is 6. The predicted octanol–water partition coefficient (Wildman–Crippen LogP) is 2.29. The van der Waals surface area contributed by atoms with Crippen molar-refractivity contribution in [3.8, 4) is 0 Å². The minimum absolute atomic E-state index is 0.0730. The van der Waals surface area contributed by atoms with Crippen LogP contribution < -0.4 is 0 Å². The Morgan fingerprint density at radius 1 is 1.26 bits per heavy atom. The average Bonchev–Trinajstić information content (AvgIpc) is 2.27. The van der Waals surface area contributed by atoms with Crippen molar-refractivity contribution in [2.75, 3.05) is 12.0 Å². The highest BCUT2D eigenvalue weighted by molar-refractivity contribution is 7.90. The molecule has 19 heavy (non-hydrogen) atoms. The number of benzene rings is 1. The van der Waals surface area contributed by atoms with E-state index in [2.05, 4.69) is 0 Å². The van der Waals surface area contributed by atoms with Crippen LogP contribution in [-0.4, -0.2) is 31.6 Å². The van der Waals surface area contributed by atoms with Crippen LogP contribution in [0, 0.1) is 5.82 Å². The van der Waals surface area contributed by atoms with E-state index in [4.69, 9.17) is 0 Å². The normalized spacial score (nSPS) is 14.4. The van der Waals surface area contributed by atoms with Crippen LogP contribution in [0.2, 0.25) is 0 Å². The van der Waals surface area contributed by atoms with Crippen LogP contribution in [0.4, 0.5) is 4.39 Å². The molecule has 3 nitrogen and oxygen atoms in total. The molecule has 1 aromatic carbocycles. The second-order valence-electron chi connectivity index (χ2n) is 5.52. The fourth-order valence-corrected chi connectivity index (χ4v) is 2.66. The minimum Gasteiger partial charge on any atom is -0.392 e. The summed E-state index contributed by atoms with van der Waals surface area (Å²) in [5, 5.41) is 10.2. The van der Waals surface area contributed by atoms with Crippen molar-refractivity contribution in [3.05, 3.63) is 35.6 Å². The van der Waals surface area contributed by atoms with Gasteiger partial charge in [0.1, 0.15) is 15.7 Å². The van der Waals surface area contributed by atoms with Crippen molar-refractivity contribution in [2.24, 2.45) is 0 Å². The lowest BCUT2D eigenvalue weighted by molar-refractivity contribution is 0.0907. The first-order valence-corrected chi connectivity index (χ1v) is 8.31. The summed E-state index contributed by atoms with van der Waals surface area (Å²) in [7, 11) is -3.00. The third-order valence-corrected chi connectivity index (χ3v) is 4.44. The molecule has 5 heteroatoms. The van der Waals surface area contributed by atoms with E-state index >= 15 is 0 Å². The summed E-state index contributed by atoms with van der Waals surface area (Å²) in [6.45, 7) is 3.73. The lowest BCUT2D eigenvalue weighted by Crippen LogP contribution is -2.34. The largest absolute Gasteiger partial charge is 0.392 e. The third-order valence-electron chi connectivity index (χ3n) is 3.41. The van der Waals surface area contributed by atoms with Crippen molar-refractivity contribution in [2.45, 2.75) is 38.2 Å². The maximum absolute atomic E-state index is 12.9. The Balaban J connectivity index is 2.68. The Bertz CT molecular complexity index is 506. The van der Waals surface area contributed by atoms with Crippen molar-refractivity contribution >= 4 is 9.84 Å². The Morgan fingerprint density at radius 3 is 2.26 bits per heavy atom. The van der Waals surface area contributed by atoms with Gasteiger partial charge in [-0.3, -0.25) is 0 Å². The van der Waals surface area contributed by atoms with E-state index in [0.29, 0.717) is 12.8 Å². The third kappa shape index (κ3) is 4.91. The molecule has 0 heterocycles. The summed E-state index contributed by atoms with van der Waals surface area (Å²) in [6, 6.07) is 6.02. The van der Waals surface area contributed by atoms with Gasteiger partial charge in [0.15, 0.2) is 0 Å². The van der Waals surface area contributed by atoms with Gasteiger partial charge in [-0.2, -0.15) is 0 Å². The van der Waals surface area contributed by atoms with Gasteiger partial charge < -0.3 is 5.11 Å². The van der Waals surface area contributed by atoms with Crippen LogP contribution in [0.1, 0.15) is 32.3 Å². The number of halogens is 1. The zero-order chi connectivity index (χ0) is 14.7. The molecule has 0 aliphatic rings. The van der Waals surface area contributed by atoms with E-state index in [9.17, 15) is 17.9 Å². The van der Waals surface area contributed by atoms with E-state index in [1.54, 1.807) is 12.1 Å². The Hall–Kier alpha value is -0.940. The van der Waals surface area contributed by atoms with Gasteiger partial charge >= 0.3 is 0 Å². The average molecular weight is 288 g/mol. The van der Waals surface area contributed by atoms with Crippen molar-refractivity contribution in [1.29, 1.82) is 0 Å². The Labute approximate surface area is 114 Å². The van der Waals surface area contributed by atoms with Crippen LogP contribution in [-0.2, 0) is 15.3 Å². The SMILES string of the molecule is CC(C)(c1ccc(F)cc1)C(O)CCCS(C)(=O)=O. The second-order valence-corrected chi connectivity index (χ2v) is 7.78. The summed E-state index contributed by atoms with van der Waals surface area (Å²) in [6.07, 6.45) is 1.34. The predicted molar refractivity (Wildman–Crippen MR) is 74.4 cm³/mol. The molecule has 1 atom stereocenters. The van der Waals surface area contributed by atoms with Crippen LogP contribution >= 0.6 is 0 Å². The minimum atomic E-state index is -3.00. The van der Waals surface area contributed by atoms with Crippen molar-refractivity contribution < 1.29 is 17.9 Å². The molecular weight excluding hydrogens is 267 g/mol. The summed E-state index contributed by atoms with van der Waals surface area (Å²) in [5.74, 6) is -0.241. The Kier molecular flexibility index (Phi) is 5.10. The Morgan fingerprint density at radius 2 is 1.79 bits per heavy atom. The molecule has 0 aliphatic heterocycles. The van der Waals surface area contributed by atoms with Gasteiger partial charge in [-0.05, 0) is 30.5 Å². The fraction of sp³-hybridized carbons (Fsp3) is 0.571. The molecule has 108 valence electrons. The number of aliphatic hydroxyl groups is 1. The molecule has 0 aromatic heterocycles. The van der Waals surface area contributed by atoms with E-state index in [1.165, 1.54) is 18.4 Å². The van der Waals surface area contributed by atoms with Crippen LogP contribution in [0.5, 0.6) is 0 Å². The van der Waals surface area contributed by atoms with Gasteiger partial charge in [0.05, 0.1) is 6.10 Å². The molecule has 0 aliphatic carbocycles. The fourth-order valence-electron chi connectivity index (χ4n) is 1.97. The zero-order valence-electron chi connectivity index (χ0n) is 11.6. The molecule has 0 radical (unpaired) electrons. The highest BCUT2D eigenvalue weighted by atomic mass is 32.2. The summed E-state index contributed by atoms with van der Waals surface area (Å²) < 4.78 is 35.0. The highest BCUT2D eigenvalue weighted by Crippen LogP contribution is 2.29. The molecule has 0 saturated heterocycles. The molecule has 1 aromatic rings. The molecule has 0 fully saturated rings. The first kappa shape index (κ1) is 16.1. The number of sulfone groups is 1. The summed E-state index contributed by atoms with van der Waals surface area (Å²) in [5.41, 5.74) is 0.298. The van der Waals surface area contributed by atoms with Crippen LogP contribution in [0.25, 0.3) is 0 Å². The maximum Gasteiger partial charge on any atom is 0.147 e. The second kappa shape index (κ2) is 6.01. The zero-order valence-corrected chi connectivity index (χ0v) is 12.4. The molecule has 1 N–H and O–H groups in total. The molecule has 0 amide bonds. The number of hydrogen-bond acceptors (Lipinski definition) is 3. The van der Waals surface area contributed by atoms with Crippen molar-refractivity contribution in [3.63, 3.8) is 0 Å². The van der Waals surface area contributed by atoms with Gasteiger partial charge in [0.25, 0.3) is 0 Å². The quantitative estimate of drug-likeness (QED) is 0.874. The van der Waals surface area contributed by atoms with Crippen molar-refractivity contribution in [1.82, 2.24) is 0 Å². The molecule has 1 unspecified atom stereocenters. The van der Waals surface area contributed by atoms with Gasteiger partial charge in [0.2, 0.25) is 0 Å². The topological polar surface area (TPSA) is 54.4 Å². The number of hydrogen-bond donors (Lipinski definition) is 1. The van der Waals surface area contributed by atoms with Gasteiger partial charge in [-0.25, -0.2) is 12.8 Å². The monoisotopic (exact) mass is 288 g/mol. The smallest absolute Gasteiger partial charge is 0.147 e. The van der Waals surface area contributed by atoms with Gasteiger partial charge in [0, 0.05) is 17.4 Å². The van der Waals surface area contributed by atoms with Crippen LogP contribution in [0.3, 0.4) is 0 Å². The molecule has 1 rings (SSSR count). The van der Waals surface area contributed by atoms with E-state index < -0.39 is 21.4 Å². The summed E-state index contributed by atoms with van der Waals surface area (Å²) >= 11 is 0. The van der Waals surface area contributed by atoms with E-state index in [0.717, 1.165) is 5.56 Å². The number of aliphatic hydroxyl groups excluding tert-OH is 1. The summed E-state index contributed by atoms with van der Waals surface area (Å²) in [4.78, 5) is 0. The highest BCUT2D eigenvalue weighted by Gasteiger charge is 2.29. The molecule has 0 saturated carbocycles. The standard InChI is InChI=1S/C14H21FO3S/c1-14(2,11-6-8-12(15)9-7-11)13(16)5-4-10-19(3,17)18/h6-9,13,16H,4-5,10H2,1-3H3.